The van der Waals surface area contributed by atoms with Gasteiger partial charge in [0.25, 0.3) is 0 Å². The van der Waals surface area contributed by atoms with Gasteiger partial charge in [-0.1, -0.05) is 0 Å². The quantitative estimate of drug-likeness (QED) is 0.0153. The zero-order chi connectivity index (χ0) is 68.1. The molecule has 0 saturated heterocycles. The molecule has 0 unspecified atom stereocenters. The Hall–Kier alpha value is -10.4. The van der Waals surface area contributed by atoms with E-state index in [1.54, 1.807) is 0 Å². The number of carboxylic acids is 1. The highest BCUT2D eigenvalue weighted by Gasteiger charge is 2.31. The fourth-order valence-electron chi connectivity index (χ4n) is 7.71. The molecular formula is C48H95N31O11. The molecule has 0 aliphatic carbocycles. The number of hydrogen-bond donors (Lipinski definition) is 25. The van der Waals surface area contributed by atoms with Crippen LogP contribution in [0.4, 0.5) is 0 Å². The van der Waals surface area contributed by atoms with Gasteiger partial charge in [0.15, 0.2) is 41.7 Å². The molecule has 0 saturated carbocycles. The third kappa shape index (κ3) is 40.8. The van der Waals surface area contributed by atoms with Crippen LogP contribution in [0, 0.1) is 0 Å². The molecule has 0 aliphatic rings. The molecule has 0 fully saturated rings. The number of carbonyl (C=O) groups is 10. The van der Waals surface area contributed by atoms with Crippen molar-refractivity contribution < 1.29 is 53.1 Å². The van der Waals surface area contributed by atoms with Gasteiger partial charge in [-0.05, 0) is 89.9 Å². The second kappa shape index (κ2) is 45.8. The lowest BCUT2D eigenvalue weighted by atomic mass is 10.1. The molecule has 0 rings (SSSR count). The molecule has 0 aromatic carbocycles. The Morgan fingerprint density at radius 1 is 0.278 bits per heavy atom. The van der Waals surface area contributed by atoms with E-state index in [-0.39, 0.29) is 171 Å². The van der Waals surface area contributed by atoms with Gasteiger partial charge in [0.05, 0.1) is 25.7 Å². The monoisotopic (exact) mass is 1280 g/mol. The molecule has 0 spiro atoms. The lowest BCUT2D eigenvalue weighted by molar-refractivity contribution is -0.142. The van der Waals surface area contributed by atoms with Gasteiger partial charge in [0.1, 0.15) is 36.3 Å². The van der Waals surface area contributed by atoms with Gasteiger partial charge in [-0.25, -0.2) is 4.79 Å². The van der Waals surface area contributed by atoms with Crippen molar-refractivity contribution in [2.75, 3.05) is 65.4 Å². The molecular weight excluding hydrogens is 1190 g/mol. The van der Waals surface area contributed by atoms with Crippen LogP contribution in [-0.4, -0.2) is 214 Å². The predicted molar refractivity (Wildman–Crippen MR) is 336 cm³/mol. The predicted octanol–water partition coefficient (Wildman–Crippen LogP) is -13.0. The third-order valence-corrected chi connectivity index (χ3v) is 12.1. The highest BCUT2D eigenvalue weighted by molar-refractivity contribution is 5.97. The molecule has 42 nitrogen and oxygen atoms in total. The normalized spacial score (nSPS) is 12.8. The maximum absolute atomic E-state index is 14.1. The van der Waals surface area contributed by atoms with Gasteiger partial charge in [-0.3, -0.25) is 78.1 Å². The summed E-state index contributed by atoms with van der Waals surface area (Å²) in [5.74, 6) is -10.9. The number of carboxylic acid groups (broad SMARTS) is 1. The Labute approximate surface area is 519 Å². The minimum atomic E-state index is -1.45. The van der Waals surface area contributed by atoms with Crippen LogP contribution in [0.2, 0.25) is 0 Å². The number of nitrogens with one attached hydrogen (secondary N) is 9. The molecule has 7 atom stereocenters. The summed E-state index contributed by atoms with van der Waals surface area (Å²) in [7, 11) is 0. The van der Waals surface area contributed by atoms with Crippen LogP contribution in [0.25, 0.3) is 0 Å². The molecule has 0 aliphatic heterocycles. The first-order valence-corrected chi connectivity index (χ1v) is 28.4. The first-order chi connectivity index (χ1) is 42.4. The van der Waals surface area contributed by atoms with E-state index in [0.29, 0.717) is 6.42 Å². The summed E-state index contributed by atoms with van der Waals surface area (Å²) in [4.78, 5) is 161. The van der Waals surface area contributed by atoms with E-state index < -0.39 is 121 Å². The van der Waals surface area contributed by atoms with Crippen LogP contribution in [0.15, 0.2) is 34.9 Å². The average Bonchev–Trinajstić information content (AvgIpc) is 2.55. The second-order valence-corrected chi connectivity index (χ2v) is 19.8. The lowest BCUT2D eigenvalue weighted by Gasteiger charge is -2.24. The SMILES string of the molecule is NC(N)=NCCC[C@H](NC(=O)[C@H](CCCN=C(N)N)NC(=O)CNC(=O)[C@H](CCCN=C(N)N)NC(=O)[C@H](CCCN=C(N)N)NC(=O)CNC(=O)[C@H](CCCN=C(N)N)NC(=O)[C@H](CCCN=C(N)N)NC(=O)CNC(=O)[C@@H](N)CCCN=C(N)N)C(=O)O. The zero-order valence-electron chi connectivity index (χ0n) is 50.3. The summed E-state index contributed by atoms with van der Waals surface area (Å²) < 4.78 is 0. The fraction of sp³-hybridized carbons (Fsp3) is 0.646. The van der Waals surface area contributed by atoms with Crippen LogP contribution in [0.1, 0.15) is 89.9 Å². The molecule has 0 heterocycles. The van der Waals surface area contributed by atoms with Gasteiger partial charge in [-0.2, -0.15) is 0 Å². The number of nitrogens with two attached hydrogens (primary N) is 15. The van der Waals surface area contributed by atoms with Gasteiger partial charge in [0.2, 0.25) is 53.2 Å². The standard InChI is InChI=1S/C48H95N31O11/c49-25(8-1-15-64-42(50)51)35(83)71-22-32(80)74-28(11-4-18-67-45(56)57)38(86)77-26(9-2-16-65-43(52)53)36(84)72-23-33(81)75-29(12-5-19-68-46(58)59)39(87)78-27(10-3-17-66-44(54)55)37(85)73-24-34(82)76-30(13-6-20-69-47(60)61)40(88)79-31(41(89)90)14-7-21-70-48(62)63/h25-31H,1-24,49H2,(H,71,83)(H,72,84)(H,73,85)(H,74,80)(H,75,81)(H,76,82)(H,77,86)(H,78,87)(H,79,88)(H,89,90)(H4,50,51,64)(H4,52,53,65)(H4,54,55,66)(H4,56,57,67)(H4,58,59,68)(H4,60,61,69)(H4,62,63,70)/t25-,26-,27-,28-,29-,30-,31-/m0/s1. The summed E-state index contributed by atoms with van der Waals surface area (Å²) in [6.45, 7) is -1.89. The molecule has 90 heavy (non-hydrogen) atoms. The van der Waals surface area contributed by atoms with E-state index in [4.69, 9.17) is 86.0 Å². The van der Waals surface area contributed by atoms with Crippen LogP contribution >= 0.6 is 0 Å². The smallest absolute Gasteiger partial charge is 0.326 e. The van der Waals surface area contributed by atoms with E-state index in [0.717, 1.165) is 0 Å². The Morgan fingerprint density at radius 3 is 0.711 bits per heavy atom. The second-order valence-electron chi connectivity index (χ2n) is 19.8. The van der Waals surface area contributed by atoms with E-state index >= 15 is 0 Å². The van der Waals surface area contributed by atoms with Crippen molar-refractivity contribution in [1.82, 2.24) is 47.9 Å². The van der Waals surface area contributed by atoms with E-state index in [1.807, 2.05) is 0 Å². The number of aliphatic imine (C=N–C) groups is 7. The van der Waals surface area contributed by atoms with Crippen molar-refractivity contribution in [3.05, 3.63) is 0 Å². The molecule has 508 valence electrons. The first kappa shape index (κ1) is 79.5. The number of amides is 9. The van der Waals surface area contributed by atoms with Crippen LogP contribution in [-0.2, 0) is 47.9 Å². The van der Waals surface area contributed by atoms with Gasteiger partial charge < -0.3 is 139 Å². The summed E-state index contributed by atoms with van der Waals surface area (Å²) in [5.41, 5.74) is 81.9. The summed E-state index contributed by atoms with van der Waals surface area (Å²) >= 11 is 0. The summed E-state index contributed by atoms with van der Waals surface area (Å²) in [6.07, 6.45) is 0.536. The van der Waals surface area contributed by atoms with Gasteiger partial charge >= 0.3 is 5.97 Å². The van der Waals surface area contributed by atoms with E-state index in [1.165, 1.54) is 0 Å². The summed E-state index contributed by atoms with van der Waals surface area (Å²) in [6, 6.07) is -9.44. The maximum atomic E-state index is 14.1. The molecule has 9 amide bonds. The van der Waals surface area contributed by atoms with Crippen molar-refractivity contribution in [2.45, 2.75) is 132 Å². The minimum absolute atomic E-state index is 0.00196. The molecule has 40 N–H and O–H groups in total. The van der Waals surface area contributed by atoms with Crippen molar-refractivity contribution in [1.29, 1.82) is 0 Å². The number of rotatable bonds is 47. The highest BCUT2D eigenvalue weighted by Crippen LogP contribution is 2.08. The number of guanidine groups is 7. The largest absolute Gasteiger partial charge is 0.480 e. The van der Waals surface area contributed by atoms with Crippen molar-refractivity contribution in [3.63, 3.8) is 0 Å². The Balaban J connectivity index is 6.62. The zero-order valence-corrected chi connectivity index (χ0v) is 50.3. The molecule has 0 aromatic rings. The fourth-order valence-corrected chi connectivity index (χ4v) is 7.71. The Kier molecular flexibility index (Phi) is 40.5. The van der Waals surface area contributed by atoms with Crippen LogP contribution < -0.4 is 134 Å². The number of nitrogens with zero attached hydrogens (tertiary/aromatic N) is 7. The molecule has 0 radical (unpaired) electrons. The van der Waals surface area contributed by atoms with Crippen LogP contribution in [0.3, 0.4) is 0 Å². The number of carbonyl (C=O) groups excluding carboxylic acids is 9. The molecule has 0 aromatic heterocycles. The van der Waals surface area contributed by atoms with Gasteiger partial charge in [-0.15, -0.1) is 0 Å². The maximum Gasteiger partial charge on any atom is 0.326 e. The van der Waals surface area contributed by atoms with Crippen LogP contribution in [0.5, 0.6) is 0 Å². The van der Waals surface area contributed by atoms with Gasteiger partial charge in [0, 0.05) is 45.8 Å². The molecule has 42 heteroatoms. The summed E-state index contributed by atoms with van der Waals surface area (Å²) in [5, 5.41) is 31.9. The van der Waals surface area contributed by atoms with Crippen molar-refractivity contribution in [2.24, 2.45) is 121 Å². The number of aliphatic carboxylic acids is 1. The average molecular weight is 1280 g/mol. The molecule has 0 bridgehead atoms. The third-order valence-electron chi connectivity index (χ3n) is 12.1. The highest BCUT2D eigenvalue weighted by atomic mass is 16.4. The van der Waals surface area contributed by atoms with Crippen molar-refractivity contribution in [3.8, 4) is 0 Å². The first-order valence-electron chi connectivity index (χ1n) is 28.4. The van der Waals surface area contributed by atoms with Crippen molar-refractivity contribution >= 4 is 101 Å². The Morgan fingerprint density at radius 2 is 0.478 bits per heavy atom. The Bertz CT molecular complexity index is 2530. The van der Waals surface area contributed by atoms with E-state index in [2.05, 4.69) is 82.8 Å². The van der Waals surface area contributed by atoms with E-state index in [9.17, 15) is 53.1 Å². The number of hydrogen-bond acceptors (Lipinski definition) is 18. The lowest BCUT2D eigenvalue weighted by Crippen LogP contribution is -2.57. The minimum Gasteiger partial charge on any atom is -0.480 e. The topological polar surface area (TPSA) is 776 Å².